The van der Waals surface area contributed by atoms with Gasteiger partial charge in [-0.3, -0.25) is 4.79 Å². The summed E-state index contributed by atoms with van der Waals surface area (Å²) in [7, 11) is 0. The van der Waals surface area contributed by atoms with E-state index >= 15 is 0 Å². The van der Waals surface area contributed by atoms with Crippen LogP contribution in [0.3, 0.4) is 0 Å². The average Bonchev–Trinajstić information content (AvgIpc) is 2.42. The minimum atomic E-state index is 0.0979. The van der Waals surface area contributed by atoms with Crippen LogP contribution in [0.5, 0.6) is 5.75 Å². The van der Waals surface area contributed by atoms with Crippen LogP contribution >= 0.6 is 11.6 Å². The highest BCUT2D eigenvalue weighted by Crippen LogP contribution is 2.22. The van der Waals surface area contributed by atoms with E-state index in [4.69, 9.17) is 11.6 Å². The Morgan fingerprint density at radius 1 is 1.42 bits per heavy atom. The summed E-state index contributed by atoms with van der Waals surface area (Å²) in [6, 6.07) is 7.03. The molecule has 0 spiro atoms. The van der Waals surface area contributed by atoms with E-state index in [0.717, 1.165) is 32.4 Å². The maximum absolute atomic E-state index is 12.3. The summed E-state index contributed by atoms with van der Waals surface area (Å²) >= 11 is 5.78. The summed E-state index contributed by atoms with van der Waals surface area (Å²) in [5.41, 5.74) is 0.701. The van der Waals surface area contributed by atoms with Gasteiger partial charge in [0.05, 0.1) is 6.42 Å². The Morgan fingerprint density at radius 3 is 2.95 bits per heavy atom. The van der Waals surface area contributed by atoms with Crippen LogP contribution in [-0.4, -0.2) is 34.9 Å². The van der Waals surface area contributed by atoms with Gasteiger partial charge in [-0.05, 0) is 31.2 Å². The first-order chi connectivity index (χ1) is 9.20. The summed E-state index contributed by atoms with van der Waals surface area (Å²) in [4.78, 5) is 14.2. The Hall–Kier alpha value is -1.22. The molecule has 0 bridgehead atoms. The van der Waals surface area contributed by atoms with E-state index in [9.17, 15) is 9.90 Å². The molecule has 1 aliphatic heterocycles. The molecular formula is C15H20ClNO2. The molecule has 0 aliphatic carbocycles. The maximum atomic E-state index is 12.3. The lowest BCUT2D eigenvalue weighted by Gasteiger charge is -2.32. The molecule has 1 saturated heterocycles. The first-order valence-corrected chi connectivity index (χ1v) is 7.34. The predicted octanol–water partition coefficient (Wildman–Crippen LogP) is 2.80. The van der Waals surface area contributed by atoms with Gasteiger partial charge < -0.3 is 10.0 Å². The van der Waals surface area contributed by atoms with Crippen molar-refractivity contribution in [1.29, 1.82) is 0 Å². The molecule has 1 amide bonds. The number of piperidine rings is 1. The second kappa shape index (κ2) is 6.80. The molecule has 1 unspecified atom stereocenters. The van der Waals surface area contributed by atoms with Crippen molar-refractivity contribution >= 4 is 17.5 Å². The first kappa shape index (κ1) is 14.2. The lowest BCUT2D eigenvalue weighted by atomic mass is 9.95. The van der Waals surface area contributed by atoms with E-state index in [2.05, 4.69) is 0 Å². The van der Waals surface area contributed by atoms with Crippen LogP contribution in [0.4, 0.5) is 0 Å². The first-order valence-electron chi connectivity index (χ1n) is 6.81. The molecule has 1 aliphatic rings. The van der Waals surface area contributed by atoms with Crippen LogP contribution < -0.4 is 0 Å². The van der Waals surface area contributed by atoms with Crippen molar-refractivity contribution in [2.24, 2.45) is 5.92 Å². The van der Waals surface area contributed by atoms with Crippen molar-refractivity contribution in [3.63, 3.8) is 0 Å². The fraction of sp³-hybridized carbons (Fsp3) is 0.533. The Labute approximate surface area is 119 Å². The normalized spacial score (nSPS) is 19.4. The number of carbonyl (C=O) groups excluding carboxylic acids is 1. The number of phenols is 1. The number of hydrogen-bond acceptors (Lipinski definition) is 2. The van der Waals surface area contributed by atoms with Crippen molar-refractivity contribution in [1.82, 2.24) is 4.90 Å². The van der Waals surface area contributed by atoms with Gasteiger partial charge in [-0.1, -0.05) is 18.2 Å². The van der Waals surface area contributed by atoms with Crippen molar-refractivity contribution in [3.05, 3.63) is 29.8 Å². The Balaban J connectivity index is 1.94. The lowest BCUT2D eigenvalue weighted by molar-refractivity contribution is -0.132. The van der Waals surface area contributed by atoms with Crippen LogP contribution in [0.25, 0.3) is 0 Å². The molecule has 0 aromatic heterocycles. The number of halogens is 1. The van der Waals surface area contributed by atoms with Crippen LogP contribution in [0, 0.1) is 5.92 Å². The average molecular weight is 282 g/mol. The Bertz CT molecular complexity index is 434. The maximum Gasteiger partial charge on any atom is 0.227 e. The molecule has 4 heteroatoms. The van der Waals surface area contributed by atoms with Gasteiger partial charge in [-0.2, -0.15) is 0 Å². The lowest BCUT2D eigenvalue weighted by Crippen LogP contribution is -2.40. The number of amides is 1. The number of likely N-dealkylation sites (tertiary alicyclic amines) is 1. The number of carbonyl (C=O) groups is 1. The van der Waals surface area contributed by atoms with E-state index in [1.165, 1.54) is 0 Å². The van der Waals surface area contributed by atoms with Crippen LogP contribution in [0.1, 0.15) is 24.8 Å². The predicted molar refractivity (Wildman–Crippen MR) is 76.5 cm³/mol. The topological polar surface area (TPSA) is 40.5 Å². The summed E-state index contributed by atoms with van der Waals surface area (Å²) in [6.45, 7) is 1.63. The minimum Gasteiger partial charge on any atom is -0.508 e. The Kier molecular flexibility index (Phi) is 5.08. The van der Waals surface area contributed by atoms with Gasteiger partial charge in [-0.15, -0.1) is 11.6 Å². The molecule has 19 heavy (non-hydrogen) atoms. The monoisotopic (exact) mass is 281 g/mol. The molecule has 0 radical (unpaired) electrons. The zero-order valence-electron chi connectivity index (χ0n) is 11.0. The van der Waals surface area contributed by atoms with E-state index in [1.807, 2.05) is 11.0 Å². The van der Waals surface area contributed by atoms with Crippen molar-refractivity contribution < 1.29 is 9.90 Å². The fourth-order valence-electron chi connectivity index (χ4n) is 2.62. The van der Waals surface area contributed by atoms with Gasteiger partial charge in [0.1, 0.15) is 5.75 Å². The number of para-hydroxylation sites is 1. The fourth-order valence-corrected chi connectivity index (χ4v) is 2.93. The number of hydrogen-bond donors (Lipinski definition) is 1. The zero-order valence-corrected chi connectivity index (χ0v) is 11.8. The molecule has 1 heterocycles. The summed E-state index contributed by atoms with van der Waals surface area (Å²) in [5, 5.41) is 9.71. The number of nitrogens with zero attached hydrogens (tertiary/aromatic N) is 1. The highest BCUT2D eigenvalue weighted by Gasteiger charge is 2.23. The molecule has 3 nitrogen and oxygen atoms in total. The quantitative estimate of drug-likeness (QED) is 0.862. The highest BCUT2D eigenvalue weighted by molar-refractivity contribution is 6.17. The second-order valence-electron chi connectivity index (χ2n) is 5.13. The van der Waals surface area contributed by atoms with Gasteiger partial charge in [0.2, 0.25) is 5.91 Å². The van der Waals surface area contributed by atoms with E-state index in [-0.39, 0.29) is 18.1 Å². The summed E-state index contributed by atoms with van der Waals surface area (Å²) < 4.78 is 0. The van der Waals surface area contributed by atoms with Crippen molar-refractivity contribution in [2.75, 3.05) is 19.0 Å². The van der Waals surface area contributed by atoms with Crippen molar-refractivity contribution in [3.8, 4) is 5.75 Å². The van der Waals surface area contributed by atoms with Gasteiger partial charge in [0.25, 0.3) is 0 Å². The molecule has 1 aromatic rings. The third-order valence-electron chi connectivity index (χ3n) is 3.72. The van der Waals surface area contributed by atoms with Gasteiger partial charge in [0, 0.05) is 24.5 Å². The van der Waals surface area contributed by atoms with Crippen LogP contribution in [0.15, 0.2) is 24.3 Å². The zero-order chi connectivity index (χ0) is 13.7. The van der Waals surface area contributed by atoms with E-state index in [1.54, 1.807) is 18.2 Å². The molecular weight excluding hydrogens is 262 g/mol. The molecule has 104 valence electrons. The third-order valence-corrected chi connectivity index (χ3v) is 3.94. The second-order valence-corrected chi connectivity index (χ2v) is 5.51. The number of aromatic hydroxyl groups is 1. The van der Waals surface area contributed by atoms with E-state index in [0.29, 0.717) is 17.4 Å². The number of alkyl halides is 1. The summed E-state index contributed by atoms with van der Waals surface area (Å²) in [6.07, 6.45) is 3.46. The van der Waals surface area contributed by atoms with Crippen LogP contribution in [-0.2, 0) is 11.2 Å². The molecule has 1 fully saturated rings. The molecule has 2 rings (SSSR count). The smallest absolute Gasteiger partial charge is 0.227 e. The Morgan fingerprint density at radius 2 is 2.21 bits per heavy atom. The largest absolute Gasteiger partial charge is 0.508 e. The number of phenolic OH excluding ortho intramolecular Hbond substituents is 1. The standard InChI is InChI=1S/C15H20ClNO2/c16-8-7-12-4-3-9-17(11-12)15(19)10-13-5-1-2-6-14(13)18/h1-2,5-6,12,18H,3-4,7-11H2. The third kappa shape index (κ3) is 3.87. The highest BCUT2D eigenvalue weighted by atomic mass is 35.5. The number of rotatable bonds is 4. The van der Waals surface area contributed by atoms with Crippen molar-refractivity contribution in [2.45, 2.75) is 25.7 Å². The number of benzene rings is 1. The van der Waals surface area contributed by atoms with Gasteiger partial charge in [-0.25, -0.2) is 0 Å². The van der Waals surface area contributed by atoms with Gasteiger partial charge in [0.15, 0.2) is 0 Å². The molecule has 1 aromatic carbocycles. The molecule has 1 atom stereocenters. The summed E-state index contributed by atoms with van der Waals surface area (Å²) in [5.74, 6) is 1.48. The minimum absolute atomic E-state index is 0.0979. The molecule has 1 N–H and O–H groups in total. The van der Waals surface area contributed by atoms with E-state index < -0.39 is 0 Å². The van der Waals surface area contributed by atoms with Gasteiger partial charge >= 0.3 is 0 Å². The SMILES string of the molecule is O=C(Cc1ccccc1O)N1CCCC(CCCl)C1. The molecule has 0 saturated carbocycles. The van der Waals surface area contributed by atoms with Crippen LogP contribution in [0.2, 0.25) is 0 Å².